The maximum atomic E-state index is 12.7. The van der Waals surface area contributed by atoms with Gasteiger partial charge in [0.2, 0.25) is 0 Å². The van der Waals surface area contributed by atoms with E-state index in [4.69, 9.17) is 26.0 Å². The number of carboxylic acids is 1. The largest absolute Gasteiger partial charge is 0.487 e. The van der Waals surface area contributed by atoms with Crippen LogP contribution < -0.4 is 10.1 Å². The summed E-state index contributed by atoms with van der Waals surface area (Å²) in [7, 11) is 0. The highest BCUT2D eigenvalue weighted by Gasteiger charge is 2.27. The number of hydrogen-bond donors (Lipinski definition) is 4. The van der Waals surface area contributed by atoms with Gasteiger partial charge in [-0.05, 0) is 59.4 Å². The Balaban J connectivity index is 1.27. The number of carbonyl (C=O) groups excluding carboxylic acids is 1. The van der Waals surface area contributed by atoms with E-state index in [0.29, 0.717) is 36.0 Å². The molecule has 0 saturated carbocycles. The van der Waals surface area contributed by atoms with Crippen molar-refractivity contribution in [2.75, 3.05) is 19.7 Å². The van der Waals surface area contributed by atoms with Gasteiger partial charge in [-0.25, -0.2) is 0 Å². The topological polar surface area (TPSA) is 145 Å². The second-order valence-electron chi connectivity index (χ2n) is 10.4. The zero-order valence-electron chi connectivity index (χ0n) is 23.5. The quantitative estimate of drug-likeness (QED) is 0.197. The summed E-state index contributed by atoms with van der Waals surface area (Å²) in [5, 5.41) is 35.1. The highest BCUT2D eigenvalue weighted by atomic mass is 35.5. The molecule has 2 heterocycles. The van der Waals surface area contributed by atoms with Crippen molar-refractivity contribution in [3.8, 4) is 28.2 Å². The molecule has 1 aliphatic heterocycles. The van der Waals surface area contributed by atoms with E-state index in [-0.39, 0.29) is 24.8 Å². The third-order valence-corrected chi connectivity index (χ3v) is 7.79. The van der Waals surface area contributed by atoms with Crippen LogP contribution in [0.2, 0.25) is 5.02 Å². The SMILES string of the molecule is Cc1c(COc2ccc(CN[C@@H](CO)C(=O)O)cc2Cl)cccc1-c1cccc(-c2cc(C(=O)N3CC[C@@H](O)C3)no2)c1. The highest BCUT2D eigenvalue weighted by Crippen LogP contribution is 2.32. The number of amides is 1. The lowest BCUT2D eigenvalue weighted by atomic mass is 9.95. The Morgan fingerprint density at radius 2 is 1.93 bits per heavy atom. The van der Waals surface area contributed by atoms with Crippen LogP contribution in [-0.4, -0.2) is 69.1 Å². The number of aliphatic hydroxyl groups is 2. The van der Waals surface area contributed by atoms with Crippen LogP contribution in [-0.2, 0) is 17.9 Å². The van der Waals surface area contributed by atoms with Crippen LogP contribution in [0, 0.1) is 6.92 Å². The van der Waals surface area contributed by atoms with Gasteiger partial charge in [0.1, 0.15) is 18.4 Å². The lowest BCUT2D eigenvalue weighted by molar-refractivity contribution is -0.140. The molecular formula is C32H32ClN3O7. The average Bonchev–Trinajstić information content (AvgIpc) is 3.67. The molecule has 5 rings (SSSR count). The Bertz CT molecular complexity index is 1620. The minimum atomic E-state index is -1.13. The maximum absolute atomic E-state index is 12.7. The number of nitrogens with zero attached hydrogens (tertiary/aromatic N) is 2. The van der Waals surface area contributed by atoms with Gasteiger partial charge in [-0.1, -0.05) is 59.2 Å². The number of carboxylic acid groups (broad SMARTS) is 1. The van der Waals surface area contributed by atoms with Crippen molar-refractivity contribution in [2.24, 2.45) is 0 Å². The molecule has 0 radical (unpaired) electrons. The predicted octanol–water partition coefficient (Wildman–Crippen LogP) is 4.29. The Kier molecular flexibility index (Phi) is 9.42. The number of aliphatic carboxylic acids is 1. The van der Waals surface area contributed by atoms with Gasteiger partial charge in [0.25, 0.3) is 5.91 Å². The molecule has 4 aromatic rings. The molecule has 0 bridgehead atoms. The average molecular weight is 606 g/mol. The summed E-state index contributed by atoms with van der Waals surface area (Å²) < 4.78 is 11.6. The molecule has 11 heteroatoms. The molecule has 0 unspecified atom stereocenters. The second-order valence-corrected chi connectivity index (χ2v) is 10.9. The minimum absolute atomic E-state index is 0.211. The number of benzene rings is 3. The molecule has 3 aromatic carbocycles. The van der Waals surface area contributed by atoms with Gasteiger partial charge in [0.15, 0.2) is 11.5 Å². The van der Waals surface area contributed by atoms with Gasteiger partial charge >= 0.3 is 5.97 Å². The molecule has 1 aliphatic rings. The van der Waals surface area contributed by atoms with Gasteiger partial charge in [-0.3, -0.25) is 14.9 Å². The first-order valence-electron chi connectivity index (χ1n) is 13.8. The smallest absolute Gasteiger partial charge is 0.323 e. The summed E-state index contributed by atoms with van der Waals surface area (Å²) >= 11 is 6.45. The summed E-state index contributed by atoms with van der Waals surface area (Å²) in [5.41, 5.74) is 5.71. The molecule has 43 heavy (non-hydrogen) atoms. The maximum Gasteiger partial charge on any atom is 0.323 e. The van der Waals surface area contributed by atoms with Crippen LogP contribution in [0.5, 0.6) is 5.75 Å². The fraction of sp³-hybridized carbons (Fsp3) is 0.281. The van der Waals surface area contributed by atoms with E-state index in [1.165, 1.54) is 0 Å². The fourth-order valence-electron chi connectivity index (χ4n) is 4.99. The van der Waals surface area contributed by atoms with Gasteiger partial charge in [0.05, 0.1) is 17.7 Å². The van der Waals surface area contributed by atoms with Gasteiger partial charge in [-0.15, -0.1) is 0 Å². The van der Waals surface area contributed by atoms with Crippen molar-refractivity contribution in [1.82, 2.24) is 15.4 Å². The molecular weight excluding hydrogens is 574 g/mol. The predicted molar refractivity (Wildman–Crippen MR) is 160 cm³/mol. The van der Waals surface area contributed by atoms with E-state index in [9.17, 15) is 19.8 Å². The first-order chi connectivity index (χ1) is 20.7. The van der Waals surface area contributed by atoms with Crippen molar-refractivity contribution < 1.29 is 34.2 Å². The summed E-state index contributed by atoms with van der Waals surface area (Å²) in [6.07, 6.45) is 0.0522. The number of nitrogens with one attached hydrogen (secondary N) is 1. The monoisotopic (exact) mass is 605 g/mol. The number of aliphatic hydroxyl groups excluding tert-OH is 2. The number of halogens is 1. The van der Waals surface area contributed by atoms with E-state index in [0.717, 1.165) is 33.4 Å². The molecule has 2 atom stereocenters. The first-order valence-corrected chi connectivity index (χ1v) is 14.2. The molecule has 4 N–H and O–H groups in total. The number of hydrogen-bond acceptors (Lipinski definition) is 8. The number of ether oxygens (including phenoxy) is 1. The van der Waals surface area contributed by atoms with Gasteiger partial charge in [0, 0.05) is 31.3 Å². The first kappa shape index (κ1) is 30.2. The number of aromatic nitrogens is 1. The van der Waals surface area contributed by atoms with E-state index < -0.39 is 24.7 Å². The molecule has 1 saturated heterocycles. The molecule has 1 fully saturated rings. The number of β-amino-alcohol motifs (C(OH)–C–C–N with tert-alkyl or cyclic N) is 1. The van der Waals surface area contributed by atoms with Crippen LogP contribution >= 0.6 is 11.6 Å². The van der Waals surface area contributed by atoms with Crippen molar-refractivity contribution in [2.45, 2.75) is 38.6 Å². The third kappa shape index (κ3) is 7.06. The molecule has 1 amide bonds. The van der Waals surface area contributed by atoms with Gasteiger partial charge < -0.3 is 29.5 Å². The van der Waals surface area contributed by atoms with Crippen molar-refractivity contribution >= 4 is 23.5 Å². The van der Waals surface area contributed by atoms with Crippen LogP contribution in [0.4, 0.5) is 0 Å². The zero-order valence-corrected chi connectivity index (χ0v) is 24.3. The summed E-state index contributed by atoms with van der Waals surface area (Å²) in [6.45, 7) is 2.80. The van der Waals surface area contributed by atoms with E-state index in [1.807, 2.05) is 49.4 Å². The molecule has 224 valence electrons. The van der Waals surface area contributed by atoms with Crippen LogP contribution in [0.25, 0.3) is 22.5 Å². The third-order valence-electron chi connectivity index (χ3n) is 7.50. The van der Waals surface area contributed by atoms with Crippen molar-refractivity contribution in [1.29, 1.82) is 0 Å². The zero-order chi connectivity index (χ0) is 30.5. The highest BCUT2D eigenvalue weighted by molar-refractivity contribution is 6.32. The second kappa shape index (κ2) is 13.4. The van der Waals surface area contributed by atoms with E-state index >= 15 is 0 Å². The number of rotatable bonds is 11. The van der Waals surface area contributed by atoms with E-state index in [2.05, 4.69) is 10.5 Å². The number of carbonyl (C=O) groups is 2. The van der Waals surface area contributed by atoms with Crippen LogP contribution in [0.1, 0.15) is 33.6 Å². The van der Waals surface area contributed by atoms with Crippen molar-refractivity contribution in [3.05, 3.63) is 94.1 Å². The minimum Gasteiger partial charge on any atom is -0.487 e. The van der Waals surface area contributed by atoms with Crippen molar-refractivity contribution in [3.63, 3.8) is 0 Å². The number of likely N-dealkylation sites (tertiary alicyclic amines) is 1. The normalized spacial score (nSPS) is 15.4. The molecule has 10 nitrogen and oxygen atoms in total. The Hall–Kier alpha value is -4.22. The lowest BCUT2D eigenvalue weighted by Gasteiger charge is -2.15. The standard InChI is InChI=1S/C32H32ClN3O7/c1-19-23(18-42-29-9-8-20(12-26(29)33)15-34-28(17-37)32(40)41)6-3-7-25(19)21-4-2-5-22(13-21)30-14-27(35-43-30)31(39)36-11-10-24(38)16-36/h2-9,12-14,24,28,34,37-38H,10-11,15-18H2,1H3,(H,40,41)/t24-,28+/m1/s1. The summed E-state index contributed by atoms with van der Waals surface area (Å²) in [5.74, 6) is -0.415. The Morgan fingerprint density at radius 3 is 2.65 bits per heavy atom. The fourth-order valence-corrected chi connectivity index (χ4v) is 5.25. The van der Waals surface area contributed by atoms with Gasteiger partial charge in [-0.2, -0.15) is 0 Å². The lowest BCUT2D eigenvalue weighted by Crippen LogP contribution is -2.39. The van der Waals surface area contributed by atoms with E-state index in [1.54, 1.807) is 29.2 Å². The Labute approximate surface area is 253 Å². The van der Waals surface area contributed by atoms with Crippen LogP contribution in [0.15, 0.2) is 71.3 Å². The molecule has 0 spiro atoms. The summed E-state index contributed by atoms with van der Waals surface area (Å²) in [4.78, 5) is 25.4. The summed E-state index contributed by atoms with van der Waals surface area (Å²) in [6, 6.07) is 19.6. The molecule has 1 aromatic heterocycles. The van der Waals surface area contributed by atoms with Crippen LogP contribution in [0.3, 0.4) is 0 Å². The molecule has 0 aliphatic carbocycles. The Morgan fingerprint density at radius 1 is 1.14 bits per heavy atom.